The van der Waals surface area contributed by atoms with Gasteiger partial charge in [0.2, 0.25) is 17.7 Å². The molecule has 83 heavy (non-hydrogen) atoms. The number of para-hydroxylation sites is 2. The molecular formula is C68H110N3O11P. The number of rotatable bonds is 54. The summed E-state index contributed by atoms with van der Waals surface area (Å²) in [5, 5.41) is 19.2. The summed E-state index contributed by atoms with van der Waals surface area (Å²) in [6, 6.07) is 25.2. The van der Waals surface area contributed by atoms with Crippen molar-refractivity contribution < 1.29 is 51.9 Å². The highest BCUT2D eigenvalue weighted by Gasteiger charge is 2.33. The molecule has 3 aromatic rings. The zero-order valence-electron chi connectivity index (χ0n) is 51.5. The predicted molar refractivity (Wildman–Crippen MR) is 335 cm³/mol. The number of phosphoric acid groups is 1. The van der Waals surface area contributed by atoms with E-state index in [1.807, 2.05) is 30.3 Å². The second-order valence-electron chi connectivity index (χ2n) is 22.6. The Morgan fingerprint density at radius 2 is 0.928 bits per heavy atom. The minimum Gasteiger partial charge on any atom is -0.462 e. The molecule has 3 amide bonds. The first-order valence-corrected chi connectivity index (χ1v) is 34.1. The van der Waals surface area contributed by atoms with E-state index in [1.54, 1.807) is 60.7 Å². The van der Waals surface area contributed by atoms with Crippen LogP contribution >= 0.6 is 7.82 Å². The van der Waals surface area contributed by atoms with Crippen molar-refractivity contribution in [3.05, 3.63) is 96.6 Å². The van der Waals surface area contributed by atoms with Gasteiger partial charge in [0.05, 0.1) is 44.8 Å². The molecule has 4 N–H and O–H groups in total. The molecular weight excluding hydrogens is 1070 g/mol. The molecule has 0 aliphatic carbocycles. The van der Waals surface area contributed by atoms with Gasteiger partial charge in [0.25, 0.3) is 0 Å². The van der Waals surface area contributed by atoms with Crippen LogP contribution in [0.5, 0.6) is 11.5 Å². The maximum absolute atomic E-state index is 14.3. The van der Waals surface area contributed by atoms with Crippen LogP contribution in [0.15, 0.2) is 91.0 Å². The third-order valence-electron chi connectivity index (χ3n) is 15.0. The van der Waals surface area contributed by atoms with Gasteiger partial charge >= 0.3 is 13.8 Å². The number of unbranched alkanes of at least 4 members (excludes halogenated alkanes) is 24. The van der Waals surface area contributed by atoms with Gasteiger partial charge in [0, 0.05) is 19.4 Å². The van der Waals surface area contributed by atoms with E-state index in [1.165, 1.54) is 109 Å². The van der Waals surface area contributed by atoms with Gasteiger partial charge in [-0.1, -0.05) is 248 Å². The Morgan fingerprint density at radius 1 is 0.494 bits per heavy atom. The SMILES string of the molecule is CCCCCCCCCCCC(=O)O[C@H](CCCCCCCCCCC)CC(=O)NC(CCOP(=O)(Oc1ccccc1)Oc1ccccc1)C(=O)NCCCC(CO)NC(=O)C[C@@H](CCCCCCCCCCC)OCc1ccccc1. The van der Waals surface area contributed by atoms with E-state index in [4.69, 9.17) is 23.0 Å². The largest absolute Gasteiger partial charge is 0.587 e. The first-order chi connectivity index (χ1) is 40.6. The normalized spacial score (nSPS) is 12.9. The lowest BCUT2D eigenvalue weighted by Gasteiger charge is -2.23. The Morgan fingerprint density at radius 3 is 1.42 bits per heavy atom. The van der Waals surface area contributed by atoms with Gasteiger partial charge in [-0.15, -0.1) is 0 Å². The van der Waals surface area contributed by atoms with Crippen molar-refractivity contribution in [1.82, 2.24) is 16.0 Å². The first kappa shape index (κ1) is 72.5. The van der Waals surface area contributed by atoms with E-state index in [-0.39, 0.29) is 74.9 Å². The Labute approximate surface area is 501 Å². The van der Waals surface area contributed by atoms with Crippen molar-refractivity contribution in [2.24, 2.45) is 0 Å². The van der Waals surface area contributed by atoms with E-state index >= 15 is 0 Å². The van der Waals surface area contributed by atoms with Crippen LogP contribution in [0.25, 0.3) is 0 Å². The highest BCUT2D eigenvalue weighted by Crippen LogP contribution is 2.49. The van der Waals surface area contributed by atoms with E-state index < -0.39 is 37.8 Å². The molecule has 0 spiro atoms. The van der Waals surface area contributed by atoms with Gasteiger partial charge in [-0.25, -0.2) is 4.57 Å². The van der Waals surface area contributed by atoms with Crippen LogP contribution in [-0.4, -0.2) is 72.8 Å². The van der Waals surface area contributed by atoms with Gasteiger partial charge in [0.1, 0.15) is 23.6 Å². The Kier molecular flexibility index (Phi) is 42.4. The van der Waals surface area contributed by atoms with Crippen molar-refractivity contribution in [3.8, 4) is 11.5 Å². The molecule has 468 valence electrons. The fraction of sp³-hybridized carbons (Fsp3) is 0.676. The summed E-state index contributed by atoms with van der Waals surface area (Å²) in [6.45, 7) is 6.65. The molecule has 0 aliphatic rings. The summed E-state index contributed by atoms with van der Waals surface area (Å²) < 4.78 is 44.1. The molecule has 2 unspecified atom stereocenters. The van der Waals surface area contributed by atoms with Crippen molar-refractivity contribution >= 4 is 31.5 Å². The van der Waals surface area contributed by atoms with Crippen LogP contribution in [0, 0.1) is 0 Å². The number of hydrogen-bond donors (Lipinski definition) is 4. The van der Waals surface area contributed by atoms with Crippen LogP contribution in [-0.2, 0) is 44.3 Å². The molecule has 0 aromatic heterocycles. The fourth-order valence-electron chi connectivity index (χ4n) is 10.1. The van der Waals surface area contributed by atoms with Crippen LogP contribution in [0.1, 0.15) is 251 Å². The Balaban J connectivity index is 1.67. The number of benzene rings is 3. The number of hydrogen-bond acceptors (Lipinski definition) is 11. The molecule has 0 aliphatic heterocycles. The summed E-state index contributed by atoms with van der Waals surface area (Å²) in [4.78, 5) is 55.0. The van der Waals surface area contributed by atoms with Gasteiger partial charge in [-0.05, 0) is 68.4 Å². The standard InChI is InChI=1S/C68H110N3O11P/c1-4-7-10-13-16-19-22-25-33-48-62(78-57-58-41-31-28-32-42-58)54-65(73)70-59(56-72)43-40-52-69-68(76)64(51-53-79-83(77,81-60-44-35-29-36-45-60)82-61-46-37-30-38-47-61)71-66(74)55-63(49-34-26-23-20-17-14-11-8-5-2)80-67(75)50-39-27-24-21-18-15-12-9-6-3/h28-32,35-38,41-42,44-47,59,62-64,72H,4-27,33-34,39-40,43,48-57H2,1-3H3,(H,69,76)(H,70,73)(H,71,74)/t59?,62-,63-,64?/m1/s1. The monoisotopic (exact) mass is 1180 g/mol. The zero-order chi connectivity index (χ0) is 59.7. The molecule has 3 aromatic carbocycles. The Hall–Kier alpha value is -4.75. The summed E-state index contributed by atoms with van der Waals surface area (Å²) >= 11 is 0. The molecule has 14 nitrogen and oxygen atoms in total. The van der Waals surface area contributed by atoms with Crippen LogP contribution in [0.2, 0.25) is 0 Å². The number of nitrogens with one attached hydrogen (secondary N) is 3. The van der Waals surface area contributed by atoms with Crippen LogP contribution < -0.4 is 25.0 Å². The van der Waals surface area contributed by atoms with Crippen molar-refractivity contribution in [1.29, 1.82) is 0 Å². The number of esters is 1. The molecule has 0 saturated heterocycles. The molecule has 0 radical (unpaired) electrons. The summed E-state index contributed by atoms with van der Waals surface area (Å²) in [7, 11) is -4.34. The molecule has 4 atom stereocenters. The second-order valence-corrected chi connectivity index (χ2v) is 24.1. The molecule has 0 heterocycles. The summed E-state index contributed by atoms with van der Waals surface area (Å²) in [5.41, 5.74) is 1.04. The minimum atomic E-state index is -4.34. The summed E-state index contributed by atoms with van der Waals surface area (Å²) in [5.74, 6) is -1.01. The Bertz CT molecular complexity index is 2070. The quantitative estimate of drug-likeness (QED) is 0.0239. The van der Waals surface area contributed by atoms with Gasteiger partial charge < -0.3 is 39.6 Å². The van der Waals surface area contributed by atoms with E-state index in [0.717, 1.165) is 76.2 Å². The van der Waals surface area contributed by atoms with E-state index in [9.17, 15) is 28.8 Å². The molecule has 15 heteroatoms. The number of aliphatic hydroxyl groups excluding tert-OH is 1. The lowest BCUT2D eigenvalue weighted by atomic mass is 10.0. The smallest absolute Gasteiger partial charge is 0.462 e. The average Bonchev–Trinajstić information content (AvgIpc) is 3.52. The van der Waals surface area contributed by atoms with Gasteiger partial charge in [0.15, 0.2) is 0 Å². The van der Waals surface area contributed by atoms with E-state index in [0.29, 0.717) is 25.9 Å². The lowest BCUT2D eigenvalue weighted by Crippen LogP contribution is -2.48. The van der Waals surface area contributed by atoms with Crippen molar-refractivity contribution in [3.63, 3.8) is 0 Å². The third kappa shape index (κ3) is 38.0. The maximum atomic E-state index is 14.3. The highest BCUT2D eigenvalue weighted by atomic mass is 31.2. The number of carbonyl (C=O) groups excluding carboxylic acids is 4. The molecule has 0 saturated carbocycles. The maximum Gasteiger partial charge on any atom is 0.587 e. The molecule has 0 fully saturated rings. The number of amides is 3. The minimum absolute atomic E-state index is 0.110. The van der Waals surface area contributed by atoms with Gasteiger partial charge in [-0.2, -0.15) is 0 Å². The third-order valence-corrected chi connectivity index (χ3v) is 16.4. The van der Waals surface area contributed by atoms with Gasteiger partial charge in [-0.3, -0.25) is 23.7 Å². The number of ether oxygens (including phenoxy) is 2. The van der Waals surface area contributed by atoms with Crippen molar-refractivity contribution in [2.45, 2.75) is 276 Å². The average molecular weight is 1180 g/mol. The van der Waals surface area contributed by atoms with Crippen molar-refractivity contribution in [2.75, 3.05) is 19.8 Å². The zero-order valence-corrected chi connectivity index (χ0v) is 52.4. The highest BCUT2D eigenvalue weighted by molar-refractivity contribution is 7.49. The molecule has 3 rings (SSSR count). The topological polar surface area (TPSA) is 188 Å². The summed E-state index contributed by atoms with van der Waals surface area (Å²) in [6.07, 6.45) is 32.4. The number of aliphatic hydroxyl groups is 1. The number of carbonyl (C=O) groups is 4. The molecule has 0 bridgehead atoms. The first-order valence-electron chi connectivity index (χ1n) is 32.6. The van der Waals surface area contributed by atoms with Crippen LogP contribution in [0.4, 0.5) is 0 Å². The lowest BCUT2D eigenvalue weighted by molar-refractivity contribution is -0.151. The fourth-order valence-corrected chi connectivity index (χ4v) is 11.3. The predicted octanol–water partition coefficient (Wildman–Crippen LogP) is 16.6. The van der Waals surface area contributed by atoms with E-state index in [2.05, 4.69) is 36.7 Å². The van der Waals surface area contributed by atoms with Crippen LogP contribution in [0.3, 0.4) is 0 Å². The number of phosphoric ester groups is 1. The second kappa shape index (κ2) is 48.5.